The molecule has 2 heterocycles. The van der Waals surface area contributed by atoms with Crippen LogP contribution >= 0.6 is 0 Å². The van der Waals surface area contributed by atoms with Crippen molar-refractivity contribution in [2.45, 2.75) is 38.2 Å². The number of methoxy groups -OCH3 is 2. The number of benzene rings is 2. The molecule has 1 fully saturated rings. The van der Waals surface area contributed by atoms with Gasteiger partial charge < -0.3 is 14.2 Å². The Labute approximate surface area is 168 Å². The van der Waals surface area contributed by atoms with Gasteiger partial charge in [-0.1, -0.05) is 6.07 Å². The van der Waals surface area contributed by atoms with Gasteiger partial charge in [0.2, 0.25) is 6.29 Å². The van der Waals surface area contributed by atoms with Crippen LogP contribution in [-0.2, 0) is 20.6 Å². The largest absolute Gasteiger partial charge is 0.356 e. The van der Waals surface area contributed by atoms with E-state index in [-0.39, 0.29) is 6.23 Å². The van der Waals surface area contributed by atoms with E-state index in [0.29, 0.717) is 24.3 Å². The Morgan fingerprint density at radius 1 is 1.07 bits per heavy atom. The highest BCUT2D eigenvalue weighted by atomic mass is 19.1. The highest BCUT2D eigenvalue weighted by Gasteiger charge is 2.25. The fraction of sp³-hybridized carbons (Fsp3) is 0.409. The molecule has 1 aliphatic heterocycles. The Morgan fingerprint density at radius 3 is 2.48 bits per heavy atom. The first-order valence-corrected chi connectivity index (χ1v) is 9.72. The molecule has 29 heavy (non-hydrogen) atoms. The molecule has 1 saturated heterocycles. The average Bonchev–Trinajstić information content (AvgIpc) is 3.08. The highest BCUT2D eigenvalue weighted by Crippen LogP contribution is 2.32. The van der Waals surface area contributed by atoms with Gasteiger partial charge in [0.1, 0.15) is 17.3 Å². The molecule has 1 unspecified atom stereocenters. The maximum Gasteiger partial charge on any atom is 0.203 e. The number of aromatic nitrogens is 2. The molecule has 1 aromatic heterocycles. The van der Waals surface area contributed by atoms with Crippen molar-refractivity contribution in [3.05, 3.63) is 64.9 Å². The summed E-state index contributed by atoms with van der Waals surface area (Å²) in [5.41, 5.74) is 3.06. The number of hydrogen-bond acceptors (Lipinski definition) is 4. The van der Waals surface area contributed by atoms with E-state index in [4.69, 9.17) is 19.3 Å². The van der Waals surface area contributed by atoms with E-state index in [1.165, 1.54) is 12.1 Å². The van der Waals surface area contributed by atoms with Crippen molar-refractivity contribution in [3.63, 3.8) is 0 Å². The van der Waals surface area contributed by atoms with Crippen molar-refractivity contribution in [1.29, 1.82) is 0 Å². The summed E-state index contributed by atoms with van der Waals surface area (Å²) in [6.07, 6.45) is 2.69. The second-order valence-corrected chi connectivity index (χ2v) is 7.26. The third-order valence-electron chi connectivity index (χ3n) is 5.21. The van der Waals surface area contributed by atoms with Gasteiger partial charge in [-0.2, -0.15) is 5.10 Å². The van der Waals surface area contributed by atoms with Crippen LogP contribution in [-0.4, -0.2) is 30.6 Å². The van der Waals surface area contributed by atoms with Crippen LogP contribution in [0.25, 0.3) is 10.9 Å². The van der Waals surface area contributed by atoms with E-state index in [2.05, 4.69) is 0 Å². The quantitative estimate of drug-likeness (QED) is 0.551. The molecule has 1 aliphatic rings. The van der Waals surface area contributed by atoms with Gasteiger partial charge in [-0.25, -0.2) is 13.5 Å². The summed E-state index contributed by atoms with van der Waals surface area (Å²) < 4.78 is 45.8. The Kier molecular flexibility index (Phi) is 5.89. The van der Waals surface area contributed by atoms with E-state index in [9.17, 15) is 8.78 Å². The number of halogens is 2. The molecule has 7 heteroatoms. The summed E-state index contributed by atoms with van der Waals surface area (Å²) in [7, 11) is 3.13. The van der Waals surface area contributed by atoms with Gasteiger partial charge in [-0.15, -0.1) is 0 Å². The lowest BCUT2D eigenvalue weighted by Gasteiger charge is -2.23. The molecule has 3 aromatic rings. The Bertz CT molecular complexity index is 975. The fourth-order valence-corrected chi connectivity index (χ4v) is 3.90. The minimum Gasteiger partial charge on any atom is -0.356 e. The predicted molar refractivity (Wildman–Crippen MR) is 104 cm³/mol. The molecular weight excluding hydrogens is 378 g/mol. The zero-order valence-corrected chi connectivity index (χ0v) is 16.5. The molecular formula is C22H24F2N2O3. The van der Waals surface area contributed by atoms with E-state index in [1.54, 1.807) is 14.2 Å². The smallest absolute Gasteiger partial charge is 0.203 e. The van der Waals surface area contributed by atoms with E-state index in [1.807, 2.05) is 22.9 Å². The van der Waals surface area contributed by atoms with Crippen LogP contribution in [0.1, 0.15) is 48.6 Å². The van der Waals surface area contributed by atoms with Gasteiger partial charge in [0.15, 0.2) is 6.23 Å². The molecule has 5 nitrogen and oxygen atoms in total. The van der Waals surface area contributed by atoms with E-state index in [0.717, 1.165) is 41.8 Å². The third-order valence-corrected chi connectivity index (χ3v) is 5.21. The summed E-state index contributed by atoms with van der Waals surface area (Å²) in [5, 5.41) is 5.63. The highest BCUT2D eigenvalue weighted by molar-refractivity contribution is 5.83. The number of fused-ring (bicyclic) bond motifs is 1. The molecule has 0 saturated carbocycles. The van der Waals surface area contributed by atoms with Crippen LogP contribution in [0.2, 0.25) is 0 Å². The Hall–Kier alpha value is -2.35. The van der Waals surface area contributed by atoms with Gasteiger partial charge in [0, 0.05) is 32.3 Å². The number of hydrogen-bond donors (Lipinski definition) is 0. The summed E-state index contributed by atoms with van der Waals surface area (Å²) in [5.74, 6) is -1.16. The van der Waals surface area contributed by atoms with Gasteiger partial charge in [-0.05, 0) is 61.1 Å². The minimum atomic E-state index is -0.621. The first-order valence-electron chi connectivity index (χ1n) is 9.72. The first-order chi connectivity index (χ1) is 14.1. The van der Waals surface area contributed by atoms with Crippen molar-refractivity contribution in [2.75, 3.05) is 20.8 Å². The zero-order chi connectivity index (χ0) is 20.4. The molecule has 4 rings (SSSR count). The van der Waals surface area contributed by atoms with Gasteiger partial charge >= 0.3 is 0 Å². The van der Waals surface area contributed by atoms with Crippen LogP contribution in [0.5, 0.6) is 0 Å². The average molecular weight is 402 g/mol. The van der Waals surface area contributed by atoms with Crippen molar-refractivity contribution < 1.29 is 23.0 Å². The Balaban J connectivity index is 1.76. The fourth-order valence-electron chi connectivity index (χ4n) is 3.90. The van der Waals surface area contributed by atoms with E-state index >= 15 is 0 Å². The normalized spacial score (nSPS) is 17.3. The lowest BCUT2D eigenvalue weighted by Crippen LogP contribution is -2.19. The van der Waals surface area contributed by atoms with Crippen LogP contribution in [0.4, 0.5) is 8.78 Å². The van der Waals surface area contributed by atoms with Crippen molar-refractivity contribution in [1.82, 2.24) is 9.78 Å². The molecule has 0 spiro atoms. The molecule has 0 N–H and O–H groups in total. The number of rotatable bonds is 6. The van der Waals surface area contributed by atoms with Crippen LogP contribution < -0.4 is 0 Å². The summed E-state index contributed by atoms with van der Waals surface area (Å²) >= 11 is 0. The second kappa shape index (κ2) is 8.57. The lowest BCUT2D eigenvalue weighted by molar-refractivity contribution is -0.109. The standard InChI is InChI=1S/C22H24F2N2O3/c1-27-22(28-2)21-18-12-14(9-15-10-16(23)13-17(24)11-15)6-7-19(18)26(25-21)20-5-3-4-8-29-20/h6-7,10-13,20,22H,3-5,8-9H2,1-2H3. The first kappa shape index (κ1) is 19.9. The predicted octanol–water partition coefficient (Wildman–Crippen LogP) is 4.90. The molecule has 0 radical (unpaired) electrons. The van der Waals surface area contributed by atoms with Crippen LogP contribution in [0, 0.1) is 11.6 Å². The summed E-state index contributed by atoms with van der Waals surface area (Å²) in [6, 6.07) is 9.47. The zero-order valence-electron chi connectivity index (χ0n) is 16.5. The maximum atomic E-state index is 13.6. The molecule has 0 bridgehead atoms. The second-order valence-electron chi connectivity index (χ2n) is 7.26. The summed E-state index contributed by atoms with van der Waals surface area (Å²) in [6.45, 7) is 0.711. The molecule has 1 atom stereocenters. The van der Waals surface area contributed by atoms with Gasteiger partial charge in [0.25, 0.3) is 0 Å². The van der Waals surface area contributed by atoms with Crippen molar-refractivity contribution in [3.8, 4) is 0 Å². The van der Waals surface area contributed by atoms with Crippen molar-refractivity contribution >= 4 is 10.9 Å². The minimum absolute atomic E-state index is 0.127. The lowest BCUT2D eigenvalue weighted by atomic mass is 10.0. The van der Waals surface area contributed by atoms with E-state index < -0.39 is 17.9 Å². The number of nitrogens with zero attached hydrogens (tertiary/aromatic N) is 2. The van der Waals surface area contributed by atoms with Crippen LogP contribution in [0.15, 0.2) is 36.4 Å². The van der Waals surface area contributed by atoms with Gasteiger partial charge in [-0.3, -0.25) is 0 Å². The molecule has 2 aromatic carbocycles. The van der Waals surface area contributed by atoms with Gasteiger partial charge in [0.05, 0.1) is 5.52 Å². The monoisotopic (exact) mass is 402 g/mol. The van der Waals surface area contributed by atoms with Crippen molar-refractivity contribution in [2.24, 2.45) is 0 Å². The molecule has 154 valence electrons. The third kappa shape index (κ3) is 4.17. The molecule has 0 aliphatic carbocycles. The summed E-state index contributed by atoms with van der Waals surface area (Å²) in [4.78, 5) is 0. The topological polar surface area (TPSA) is 45.5 Å². The van der Waals surface area contributed by atoms with Crippen LogP contribution in [0.3, 0.4) is 0 Å². The molecule has 0 amide bonds. The maximum absolute atomic E-state index is 13.6. The SMILES string of the molecule is COC(OC)c1nn(C2CCCCO2)c2ccc(Cc3cc(F)cc(F)c3)cc12. The number of ether oxygens (including phenoxy) is 3. The Morgan fingerprint density at radius 2 is 1.83 bits per heavy atom.